The van der Waals surface area contributed by atoms with Crippen LogP contribution < -0.4 is 0 Å². The summed E-state index contributed by atoms with van der Waals surface area (Å²) in [4.78, 5) is 24.4. The summed E-state index contributed by atoms with van der Waals surface area (Å²) in [6.07, 6.45) is 7.22. The molecule has 0 aromatic carbocycles. The molecule has 260 valence electrons. The van der Waals surface area contributed by atoms with E-state index >= 15 is 0 Å². The van der Waals surface area contributed by atoms with Crippen molar-refractivity contribution in [2.24, 2.45) is 0 Å². The van der Waals surface area contributed by atoms with E-state index in [1.54, 1.807) is 0 Å². The molecule has 2 fully saturated rings. The molecule has 0 radical (unpaired) electrons. The van der Waals surface area contributed by atoms with Gasteiger partial charge in [0.15, 0.2) is 12.2 Å². The molecule has 13 nitrogen and oxygen atoms in total. The number of hydrogen-bond donors (Lipinski definition) is 6. The van der Waals surface area contributed by atoms with Gasteiger partial charge in [-0.1, -0.05) is 63.3 Å². The van der Waals surface area contributed by atoms with Gasteiger partial charge < -0.3 is 54.3 Å². The van der Waals surface area contributed by atoms with E-state index in [0.717, 1.165) is 51.9 Å². The van der Waals surface area contributed by atoms with Crippen LogP contribution in [-0.4, -0.2) is 117 Å². The lowest BCUT2D eigenvalue weighted by molar-refractivity contribution is -0.384. The number of unbranched alkanes of at least 4 members (excludes halogenated alkanes) is 8. The third-order valence-corrected chi connectivity index (χ3v) is 7.91. The summed E-state index contributed by atoms with van der Waals surface area (Å²) in [6.45, 7) is 0.782. The molecule has 0 saturated carbocycles. The van der Waals surface area contributed by atoms with Gasteiger partial charge in [0.2, 0.25) is 12.1 Å². The molecule has 45 heavy (non-hydrogen) atoms. The highest BCUT2D eigenvalue weighted by Gasteiger charge is 2.61. The Balaban J connectivity index is 1.87. The van der Waals surface area contributed by atoms with Gasteiger partial charge in [0.1, 0.15) is 37.1 Å². The maximum absolute atomic E-state index is 12.7. The molecular formula is C32H54O13. The molecule has 0 amide bonds. The van der Waals surface area contributed by atoms with E-state index in [1.807, 2.05) is 0 Å². The Morgan fingerprint density at radius 1 is 0.778 bits per heavy atom. The molecular weight excluding hydrogens is 592 g/mol. The third kappa shape index (κ3) is 12.3. The van der Waals surface area contributed by atoms with Crippen LogP contribution in [-0.2, 0) is 33.3 Å². The zero-order valence-electron chi connectivity index (χ0n) is 26.6. The van der Waals surface area contributed by atoms with E-state index in [1.165, 1.54) is 19.3 Å². The first-order valence-corrected chi connectivity index (χ1v) is 16.2. The molecule has 9 atom stereocenters. The number of ether oxygens (including phenoxy) is 5. The largest absolute Gasteiger partial charge is 0.454 e. The van der Waals surface area contributed by atoms with E-state index in [9.17, 15) is 40.2 Å². The monoisotopic (exact) mass is 646 g/mol. The van der Waals surface area contributed by atoms with Gasteiger partial charge in [-0.2, -0.15) is 0 Å². The van der Waals surface area contributed by atoms with Gasteiger partial charge in [0.25, 0.3) is 0 Å². The van der Waals surface area contributed by atoms with Crippen molar-refractivity contribution >= 4 is 11.9 Å². The summed E-state index contributed by atoms with van der Waals surface area (Å²) in [5.41, 5.74) is 0. The number of esters is 2. The second-order valence-corrected chi connectivity index (χ2v) is 11.6. The Morgan fingerprint density at radius 3 is 2.00 bits per heavy atom. The molecule has 2 heterocycles. The minimum atomic E-state index is -2.30. The molecule has 0 aliphatic carbocycles. The average Bonchev–Trinajstić information content (AvgIpc) is 3.28. The molecule has 13 heteroatoms. The van der Waals surface area contributed by atoms with Gasteiger partial charge in [-0.15, -0.1) is 0 Å². The molecule has 2 saturated heterocycles. The SMILES string of the molecule is CCCCC/C=C\C/C=C\CCCCCCCC(=O)O[C@H]1[C@@H](O[C@]2(CO)O[C@H](CO)[C@@H](O)[C@@H]2OC(C)=O)O[C@H](CO)[C@@H](O)[C@@H]1O. The lowest BCUT2D eigenvalue weighted by Gasteiger charge is -2.44. The smallest absolute Gasteiger partial charge is 0.306 e. The fourth-order valence-electron chi connectivity index (χ4n) is 5.36. The fraction of sp³-hybridized carbons (Fsp3) is 0.812. The van der Waals surface area contributed by atoms with Crippen molar-refractivity contribution in [3.8, 4) is 0 Å². The lowest BCUT2D eigenvalue weighted by atomic mass is 9.98. The van der Waals surface area contributed by atoms with Crippen molar-refractivity contribution in [1.82, 2.24) is 0 Å². The second kappa shape index (κ2) is 21.0. The number of rotatable bonds is 21. The van der Waals surface area contributed by atoms with Gasteiger partial charge in [0, 0.05) is 13.3 Å². The summed E-state index contributed by atoms with van der Waals surface area (Å²) >= 11 is 0. The Labute approximate surface area is 265 Å². The Morgan fingerprint density at radius 2 is 1.40 bits per heavy atom. The normalized spacial score (nSPS) is 32.0. The van der Waals surface area contributed by atoms with Crippen LogP contribution in [0.15, 0.2) is 24.3 Å². The summed E-state index contributed by atoms with van der Waals surface area (Å²) in [6, 6.07) is 0. The van der Waals surface area contributed by atoms with Crippen LogP contribution >= 0.6 is 0 Å². The van der Waals surface area contributed by atoms with Crippen LogP contribution in [0.4, 0.5) is 0 Å². The number of aliphatic hydroxyl groups is 6. The van der Waals surface area contributed by atoms with E-state index < -0.39 is 86.6 Å². The van der Waals surface area contributed by atoms with E-state index in [4.69, 9.17) is 23.7 Å². The third-order valence-electron chi connectivity index (χ3n) is 7.91. The van der Waals surface area contributed by atoms with Crippen molar-refractivity contribution < 1.29 is 63.9 Å². The van der Waals surface area contributed by atoms with Crippen molar-refractivity contribution in [2.75, 3.05) is 19.8 Å². The molecule has 0 spiro atoms. The lowest BCUT2D eigenvalue weighted by Crippen LogP contribution is -2.64. The fourth-order valence-corrected chi connectivity index (χ4v) is 5.36. The molecule has 2 rings (SSSR count). The maximum atomic E-state index is 12.7. The highest BCUT2D eigenvalue weighted by atomic mass is 16.8. The van der Waals surface area contributed by atoms with E-state index in [0.29, 0.717) is 6.42 Å². The summed E-state index contributed by atoms with van der Waals surface area (Å²) < 4.78 is 27.5. The standard InChI is InChI=1S/C32H54O13/c1-3-4-5-6-7-8-9-10-11-12-13-14-15-16-17-18-25(37)43-29-28(40)26(38)23(19-33)42-31(29)45-32(21-35)30(41-22(2)36)27(39)24(20-34)44-32/h7-8,10-11,23-24,26-31,33-35,38-40H,3-6,9,12-21H2,1-2H3/b8-7-,11-10-/t23-,24-,26-,27-,28+,29-,30+,31-,32+/m1/s1. The van der Waals surface area contributed by atoms with Crippen LogP contribution in [0.2, 0.25) is 0 Å². The summed E-state index contributed by atoms with van der Waals surface area (Å²) in [7, 11) is 0. The molecule has 2 aliphatic heterocycles. The van der Waals surface area contributed by atoms with Crippen LogP contribution in [0.25, 0.3) is 0 Å². The number of carbonyl (C=O) groups is 2. The van der Waals surface area contributed by atoms with Gasteiger partial charge in [-0.3, -0.25) is 9.59 Å². The van der Waals surface area contributed by atoms with E-state index in [-0.39, 0.29) is 6.42 Å². The van der Waals surface area contributed by atoms with Crippen molar-refractivity contribution in [2.45, 2.75) is 146 Å². The Hall–Kier alpha value is -1.94. The van der Waals surface area contributed by atoms with Gasteiger partial charge in [-0.05, 0) is 38.5 Å². The van der Waals surface area contributed by atoms with Crippen molar-refractivity contribution in [1.29, 1.82) is 0 Å². The number of carbonyl (C=O) groups excluding carboxylic acids is 2. The van der Waals surface area contributed by atoms with Crippen molar-refractivity contribution in [3.63, 3.8) is 0 Å². The topological polar surface area (TPSA) is 202 Å². The van der Waals surface area contributed by atoms with Gasteiger partial charge in [-0.25, -0.2) is 0 Å². The van der Waals surface area contributed by atoms with Crippen LogP contribution in [0.1, 0.15) is 90.9 Å². The predicted octanol–water partition coefficient (Wildman–Crippen LogP) is 1.54. The Kier molecular flexibility index (Phi) is 18.3. The predicted molar refractivity (Wildman–Crippen MR) is 161 cm³/mol. The molecule has 6 N–H and O–H groups in total. The van der Waals surface area contributed by atoms with Crippen LogP contribution in [0.3, 0.4) is 0 Å². The second-order valence-electron chi connectivity index (χ2n) is 11.6. The zero-order chi connectivity index (χ0) is 33.2. The zero-order valence-corrected chi connectivity index (χ0v) is 26.6. The van der Waals surface area contributed by atoms with Crippen LogP contribution in [0.5, 0.6) is 0 Å². The molecule has 0 aromatic heterocycles. The first-order valence-electron chi connectivity index (χ1n) is 16.2. The Bertz CT molecular complexity index is 911. The van der Waals surface area contributed by atoms with Gasteiger partial charge >= 0.3 is 11.9 Å². The molecule has 0 bridgehead atoms. The maximum Gasteiger partial charge on any atom is 0.306 e. The quantitative estimate of drug-likeness (QED) is 0.0596. The molecule has 0 aromatic rings. The number of hydrogen-bond acceptors (Lipinski definition) is 13. The van der Waals surface area contributed by atoms with E-state index in [2.05, 4.69) is 31.2 Å². The highest BCUT2D eigenvalue weighted by Crippen LogP contribution is 2.38. The van der Waals surface area contributed by atoms with Crippen molar-refractivity contribution in [3.05, 3.63) is 24.3 Å². The number of aliphatic hydroxyl groups excluding tert-OH is 6. The highest BCUT2D eigenvalue weighted by molar-refractivity contribution is 5.69. The minimum Gasteiger partial charge on any atom is -0.454 e. The first kappa shape index (κ1) is 39.2. The average molecular weight is 647 g/mol. The summed E-state index contributed by atoms with van der Waals surface area (Å²) in [5, 5.41) is 61.2. The summed E-state index contributed by atoms with van der Waals surface area (Å²) in [5.74, 6) is -3.85. The van der Waals surface area contributed by atoms with Gasteiger partial charge in [0.05, 0.1) is 13.2 Å². The number of allylic oxidation sites excluding steroid dienone is 4. The van der Waals surface area contributed by atoms with Crippen LogP contribution in [0, 0.1) is 0 Å². The molecule has 2 aliphatic rings. The molecule has 0 unspecified atom stereocenters. The minimum absolute atomic E-state index is 0.0168. The first-order chi connectivity index (χ1) is 21.6.